The molecule has 3 rings (SSSR count). The quantitative estimate of drug-likeness (QED) is 0.459. The van der Waals surface area contributed by atoms with E-state index >= 15 is 0 Å². The molecule has 2 aliphatic heterocycles. The van der Waals surface area contributed by atoms with Gasteiger partial charge in [0, 0.05) is 50.8 Å². The molecule has 2 fully saturated rings. The summed E-state index contributed by atoms with van der Waals surface area (Å²) in [5, 5.41) is 3.67. The summed E-state index contributed by atoms with van der Waals surface area (Å²) in [7, 11) is 3.99. The number of benzene rings is 1. The summed E-state index contributed by atoms with van der Waals surface area (Å²) in [6.07, 6.45) is 6.97. The van der Waals surface area contributed by atoms with Gasteiger partial charge in [0.2, 0.25) is 0 Å². The molecule has 1 aromatic carbocycles. The van der Waals surface area contributed by atoms with Gasteiger partial charge in [-0.15, -0.1) is 11.8 Å². The number of likely N-dealkylation sites (tertiary alicyclic amines) is 1. The lowest BCUT2D eigenvalue weighted by molar-refractivity contribution is -0.0166. The molecule has 0 unspecified atom stereocenters. The molecule has 0 amide bonds. The molecule has 0 aliphatic carbocycles. The average molecular weight is 391 g/mol. The SMILES string of the molecule is CN=C(NCC1(N2CCCC2)CCOCC1)N(C)Cc1ccc(SC)cc1. The lowest BCUT2D eigenvalue weighted by atomic mass is 9.88. The second kappa shape index (κ2) is 9.80. The third-order valence-corrected chi connectivity index (χ3v) is 6.67. The van der Waals surface area contributed by atoms with Crippen molar-refractivity contribution in [3.63, 3.8) is 0 Å². The van der Waals surface area contributed by atoms with E-state index in [9.17, 15) is 0 Å². The molecule has 0 spiro atoms. The zero-order valence-electron chi connectivity index (χ0n) is 17.0. The summed E-state index contributed by atoms with van der Waals surface area (Å²) in [5.74, 6) is 0.967. The predicted octanol–water partition coefficient (Wildman–Crippen LogP) is 3.06. The van der Waals surface area contributed by atoms with E-state index in [1.807, 2.05) is 7.05 Å². The van der Waals surface area contributed by atoms with Crippen molar-refractivity contribution < 1.29 is 4.74 Å². The third kappa shape index (κ3) is 5.18. The number of nitrogens with zero attached hydrogens (tertiary/aromatic N) is 3. The van der Waals surface area contributed by atoms with E-state index in [0.29, 0.717) is 0 Å². The molecule has 0 bridgehead atoms. The van der Waals surface area contributed by atoms with Crippen molar-refractivity contribution in [1.29, 1.82) is 0 Å². The molecule has 0 atom stereocenters. The Kier molecular flexibility index (Phi) is 7.44. The van der Waals surface area contributed by atoms with Crippen LogP contribution in [-0.2, 0) is 11.3 Å². The van der Waals surface area contributed by atoms with Crippen molar-refractivity contribution >= 4 is 17.7 Å². The fourth-order valence-electron chi connectivity index (χ4n) is 4.26. The monoisotopic (exact) mass is 390 g/mol. The fraction of sp³-hybridized carbons (Fsp3) is 0.667. The van der Waals surface area contributed by atoms with Gasteiger partial charge < -0.3 is 15.0 Å². The van der Waals surface area contributed by atoms with Crippen LogP contribution in [0.15, 0.2) is 34.2 Å². The average Bonchev–Trinajstić information content (AvgIpc) is 3.25. The topological polar surface area (TPSA) is 40.1 Å². The molecule has 1 N–H and O–H groups in total. The highest BCUT2D eigenvalue weighted by atomic mass is 32.2. The van der Waals surface area contributed by atoms with Crippen LogP contribution in [0.3, 0.4) is 0 Å². The summed E-state index contributed by atoms with van der Waals surface area (Å²) < 4.78 is 5.67. The number of aliphatic imine (C=N–C) groups is 1. The molecule has 2 aliphatic rings. The number of rotatable bonds is 6. The van der Waals surface area contributed by atoms with Gasteiger partial charge in [0.05, 0.1) is 0 Å². The number of ether oxygens (including phenoxy) is 1. The minimum Gasteiger partial charge on any atom is -0.381 e. The normalized spacial score (nSPS) is 20.6. The summed E-state index contributed by atoms with van der Waals surface area (Å²) in [6.45, 7) is 5.98. The van der Waals surface area contributed by atoms with Gasteiger partial charge in [-0.3, -0.25) is 9.89 Å². The molecular formula is C21H34N4OS. The summed E-state index contributed by atoms with van der Waals surface area (Å²) >= 11 is 1.78. The van der Waals surface area contributed by atoms with Crippen molar-refractivity contribution in [2.75, 3.05) is 53.2 Å². The molecule has 1 aromatic rings. The Morgan fingerprint density at radius 2 is 1.89 bits per heavy atom. The minimum atomic E-state index is 0.214. The van der Waals surface area contributed by atoms with Crippen LogP contribution in [0.1, 0.15) is 31.2 Å². The first-order valence-corrected chi connectivity index (χ1v) is 11.3. The number of guanidine groups is 1. The van der Waals surface area contributed by atoms with Crippen LogP contribution in [-0.4, -0.2) is 74.5 Å². The van der Waals surface area contributed by atoms with Crippen LogP contribution in [0.2, 0.25) is 0 Å². The van der Waals surface area contributed by atoms with E-state index in [0.717, 1.165) is 45.1 Å². The highest BCUT2D eigenvalue weighted by Gasteiger charge is 2.39. The van der Waals surface area contributed by atoms with Crippen LogP contribution in [0.25, 0.3) is 0 Å². The maximum absolute atomic E-state index is 5.67. The molecular weight excluding hydrogens is 356 g/mol. The molecule has 2 saturated heterocycles. The highest BCUT2D eigenvalue weighted by Crippen LogP contribution is 2.30. The summed E-state index contributed by atoms with van der Waals surface area (Å²) in [4.78, 5) is 10.7. The lowest BCUT2D eigenvalue weighted by Crippen LogP contribution is -2.58. The van der Waals surface area contributed by atoms with Crippen LogP contribution < -0.4 is 5.32 Å². The van der Waals surface area contributed by atoms with Crippen LogP contribution in [0.4, 0.5) is 0 Å². The Hall–Kier alpha value is -1.24. The summed E-state index contributed by atoms with van der Waals surface area (Å²) in [6, 6.07) is 8.79. The maximum atomic E-state index is 5.67. The molecule has 6 heteroatoms. The van der Waals surface area contributed by atoms with Gasteiger partial charge in [0.25, 0.3) is 0 Å². The van der Waals surface area contributed by atoms with Gasteiger partial charge in [-0.1, -0.05) is 12.1 Å². The van der Waals surface area contributed by atoms with E-state index in [-0.39, 0.29) is 5.54 Å². The van der Waals surface area contributed by atoms with Crippen LogP contribution >= 0.6 is 11.8 Å². The Labute approximate surface area is 168 Å². The molecule has 150 valence electrons. The molecule has 2 heterocycles. The van der Waals surface area contributed by atoms with Crippen LogP contribution in [0, 0.1) is 0 Å². The number of hydrogen-bond donors (Lipinski definition) is 1. The third-order valence-electron chi connectivity index (χ3n) is 5.93. The molecule has 5 nitrogen and oxygen atoms in total. The predicted molar refractivity (Wildman–Crippen MR) is 115 cm³/mol. The first kappa shape index (κ1) is 20.5. The minimum absolute atomic E-state index is 0.214. The number of thioether (sulfide) groups is 1. The van der Waals surface area contributed by atoms with Gasteiger partial charge >= 0.3 is 0 Å². The first-order chi connectivity index (χ1) is 13.2. The van der Waals surface area contributed by atoms with Crippen molar-refractivity contribution in [2.45, 2.75) is 42.7 Å². The van der Waals surface area contributed by atoms with Gasteiger partial charge in [-0.25, -0.2) is 0 Å². The number of nitrogens with one attached hydrogen (secondary N) is 1. The highest BCUT2D eigenvalue weighted by molar-refractivity contribution is 7.98. The zero-order valence-corrected chi connectivity index (χ0v) is 17.9. The van der Waals surface area contributed by atoms with E-state index in [1.54, 1.807) is 11.8 Å². The molecule has 0 aromatic heterocycles. The van der Waals surface area contributed by atoms with E-state index < -0.39 is 0 Å². The summed E-state index contributed by atoms with van der Waals surface area (Å²) in [5.41, 5.74) is 1.52. The number of hydrogen-bond acceptors (Lipinski definition) is 4. The maximum Gasteiger partial charge on any atom is 0.193 e. The van der Waals surface area contributed by atoms with Crippen molar-refractivity contribution in [1.82, 2.24) is 15.1 Å². The Morgan fingerprint density at radius 3 is 2.48 bits per heavy atom. The van der Waals surface area contributed by atoms with E-state index in [4.69, 9.17) is 4.74 Å². The molecule has 27 heavy (non-hydrogen) atoms. The van der Waals surface area contributed by atoms with E-state index in [2.05, 4.69) is 57.7 Å². The van der Waals surface area contributed by atoms with Gasteiger partial charge in [0.1, 0.15) is 0 Å². The van der Waals surface area contributed by atoms with Gasteiger partial charge in [-0.05, 0) is 62.7 Å². The van der Waals surface area contributed by atoms with Gasteiger partial charge in [0.15, 0.2) is 5.96 Å². The van der Waals surface area contributed by atoms with Gasteiger partial charge in [-0.2, -0.15) is 0 Å². The fourth-order valence-corrected chi connectivity index (χ4v) is 4.66. The first-order valence-electron chi connectivity index (χ1n) is 10.0. The standard InChI is InChI=1S/C21H34N4OS/c1-22-20(24(2)16-18-6-8-19(27-3)9-7-18)23-17-21(10-14-26-15-11-21)25-12-4-5-13-25/h6-9H,4-5,10-17H2,1-3H3,(H,22,23). The smallest absolute Gasteiger partial charge is 0.193 e. The Bertz CT molecular complexity index is 607. The molecule has 0 saturated carbocycles. The van der Waals surface area contributed by atoms with Crippen LogP contribution in [0.5, 0.6) is 0 Å². The van der Waals surface area contributed by atoms with Crippen molar-refractivity contribution in [3.8, 4) is 0 Å². The largest absolute Gasteiger partial charge is 0.381 e. The van der Waals surface area contributed by atoms with Crippen molar-refractivity contribution in [2.24, 2.45) is 4.99 Å². The second-order valence-electron chi connectivity index (χ2n) is 7.64. The molecule has 0 radical (unpaired) electrons. The zero-order chi connectivity index (χ0) is 19.1. The van der Waals surface area contributed by atoms with Crippen molar-refractivity contribution in [3.05, 3.63) is 29.8 Å². The second-order valence-corrected chi connectivity index (χ2v) is 8.52. The lowest BCUT2D eigenvalue weighted by Gasteiger charge is -2.45. The van der Waals surface area contributed by atoms with E-state index in [1.165, 1.54) is 36.4 Å². The Balaban J connectivity index is 1.60. The Morgan fingerprint density at radius 1 is 1.22 bits per heavy atom.